The second kappa shape index (κ2) is 4.08. The molecule has 15 heavy (non-hydrogen) atoms. The summed E-state index contributed by atoms with van der Waals surface area (Å²) in [6.45, 7) is 17.6. The molecule has 90 valence electrons. The van der Waals surface area contributed by atoms with Gasteiger partial charge in [0.2, 0.25) is 0 Å². The van der Waals surface area contributed by atoms with Crippen molar-refractivity contribution in [2.45, 2.75) is 60.9 Å². The van der Waals surface area contributed by atoms with Gasteiger partial charge in [-0.2, -0.15) is 0 Å². The van der Waals surface area contributed by atoms with Gasteiger partial charge >= 0.3 is 0 Å². The first kappa shape index (κ1) is 13.0. The lowest BCUT2D eigenvalue weighted by molar-refractivity contribution is 0.345. The van der Waals surface area contributed by atoms with Crippen molar-refractivity contribution in [3.8, 4) is 0 Å². The second-order valence-corrected chi connectivity index (χ2v) is 6.71. The molecule has 1 atom stereocenters. The Labute approximate surface area is 96.0 Å². The fourth-order valence-electron chi connectivity index (χ4n) is 3.36. The summed E-state index contributed by atoms with van der Waals surface area (Å²) in [5.41, 5.74) is 1.02. The van der Waals surface area contributed by atoms with Gasteiger partial charge in [-0.1, -0.05) is 48.5 Å². The highest BCUT2D eigenvalue weighted by atomic mass is 15.0. The quantitative estimate of drug-likeness (QED) is 0.731. The Bertz CT molecular complexity index is 201. The summed E-state index contributed by atoms with van der Waals surface area (Å²) in [4.78, 5) is 0. The third-order valence-electron chi connectivity index (χ3n) is 4.73. The molecule has 1 aliphatic rings. The molecule has 1 nitrogen and oxygen atoms in total. The van der Waals surface area contributed by atoms with E-state index in [1.165, 1.54) is 6.42 Å². The Kier molecular flexibility index (Phi) is 3.55. The summed E-state index contributed by atoms with van der Waals surface area (Å²) in [7, 11) is 0. The Morgan fingerprint density at radius 1 is 1.07 bits per heavy atom. The van der Waals surface area contributed by atoms with Crippen LogP contribution in [0.2, 0.25) is 0 Å². The van der Waals surface area contributed by atoms with Crippen LogP contribution in [-0.2, 0) is 0 Å². The molecule has 0 spiro atoms. The molecule has 0 amide bonds. The van der Waals surface area contributed by atoms with Crippen LogP contribution in [-0.4, -0.2) is 12.6 Å². The number of nitrogens with one attached hydrogen (secondary N) is 1. The molecule has 1 fully saturated rings. The van der Waals surface area contributed by atoms with Crippen molar-refractivity contribution in [2.24, 2.45) is 22.7 Å². The zero-order valence-electron chi connectivity index (χ0n) is 11.6. The molecule has 0 aromatic carbocycles. The van der Waals surface area contributed by atoms with Crippen LogP contribution in [0.5, 0.6) is 0 Å². The third-order valence-corrected chi connectivity index (χ3v) is 4.73. The summed E-state index contributed by atoms with van der Waals surface area (Å²) < 4.78 is 0. The maximum atomic E-state index is 3.69. The van der Waals surface area contributed by atoms with Gasteiger partial charge in [0.25, 0.3) is 0 Å². The first-order valence-electron chi connectivity index (χ1n) is 6.48. The van der Waals surface area contributed by atoms with Crippen LogP contribution >= 0.6 is 0 Å². The maximum Gasteiger partial charge on any atom is 0.0108 e. The molecular formula is C14H29N. The zero-order valence-corrected chi connectivity index (χ0v) is 11.6. The van der Waals surface area contributed by atoms with Gasteiger partial charge in [-0.25, -0.2) is 0 Å². The fourth-order valence-corrected chi connectivity index (χ4v) is 3.36. The van der Waals surface area contributed by atoms with E-state index in [1.54, 1.807) is 0 Å². The minimum absolute atomic E-state index is 0.509. The highest BCUT2D eigenvalue weighted by molar-refractivity contribution is 5.16. The molecule has 1 heteroatoms. The van der Waals surface area contributed by atoms with E-state index in [0.29, 0.717) is 16.9 Å². The van der Waals surface area contributed by atoms with Crippen molar-refractivity contribution in [3.05, 3.63) is 0 Å². The lowest BCUT2D eigenvalue weighted by atomic mass is 9.95. The zero-order chi connectivity index (χ0) is 11.9. The van der Waals surface area contributed by atoms with Crippen molar-refractivity contribution >= 4 is 0 Å². The van der Waals surface area contributed by atoms with E-state index in [0.717, 1.165) is 18.4 Å². The van der Waals surface area contributed by atoms with Crippen LogP contribution in [0, 0.1) is 22.7 Å². The number of hydrogen-bond donors (Lipinski definition) is 1. The summed E-state index contributed by atoms with van der Waals surface area (Å²) in [6, 6.07) is 0.708. The van der Waals surface area contributed by atoms with Crippen molar-refractivity contribution in [3.63, 3.8) is 0 Å². The second-order valence-electron chi connectivity index (χ2n) is 6.71. The van der Waals surface area contributed by atoms with Gasteiger partial charge in [-0.15, -0.1) is 0 Å². The van der Waals surface area contributed by atoms with Crippen LogP contribution in [0.15, 0.2) is 0 Å². The summed E-state index contributed by atoms with van der Waals surface area (Å²) in [6.07, 6.45) is 1.31. The SMILES string of the molecule is CCNC(CC(C)C)C1C(C)(C)C1(C)C. The molecule has 1 saturated carbocycles. The van der Waals surface area contributed by atoms with Crippen LogP contribution in [0.3, 0.4) is 0 Å². The van der Waals surface area contributed by atoms with Crippen molar-refractivity contribution < 1.29 is 0 Å². The molecule has 1 aliphatic carbocycles. The lowest BCUT2D eigenvalue weighted by Crippen LogP contribution is -2.34. The van der Waals surface area contributed by atoms with E-state index in [-0.39, 0.29) is 0 Å². The standard InChI is InChI=1S/C14H29N/c1-8-15-11(9-10(2)3)12-13(4,5)14(12,6)7/h10-12,15H,8-9H2,1-7H3. The Hall–Kier alpha value is -0.0400. The predicted octanol–water partition coefficient (Wildman–Crippen LogP) is 3.69. The largest absolute Gasteiger partial charge is 0.314 e. The van der Waals surface area contributed by atoms with Crippen molar-refractivity contribution in [1.29, 1.82) is 0 Å². The van der Waals surface area contributed by atoms with E-state index >= 15 is 0 Å². The van der Waals surface area contributed by atoms with Gasteiger partial charge in [0.1, 0.15) is 0 Å². The molecular weight excluding hydrogens is 182 g/mol. The molecule has 1 N–H and O–H groups in total. The first-order valence-corrected chi connectivity index (χ1v) is 6.48. The molecule has 0 heterocycles. The summed E-state index contributed by atoms with van der Waals surface area (Å²) in [5.74, 6) is 1.63. The van der Waals surface area contributed by atoms with Gasteiger partial charge in [0, 0.05) is 6.04 Å². The van der Waals surface area contributed by atoms with Crippen molar-refractivity contribution in [1.82, 2.24) is 5.32 Å². The third kappa shape index (κ3) is 2.22. The maximum absolute atomic E-state index is 3.69. The smallest absolute Gasteiger partial charge is 0.0108 e. The van der Waals surface area contributed by atoms with Gasteiger partial charge in [-0.05, 0) is 35.6 Å². The number of hydrogen-bond acceptors (Lipinski definition) is 1. The molecule has 1 unspecified atom stereocenters. The Morgan fingerprint density at radius 3 is 1.80 bits per heavy atom. The predicted molar refractivity (Wildman–Crippen MR) is 68.0 cm³/mol. The van der Waals surface area contributed by atoms with E-state index in [4.69, 9.17) is 0 Å². The van der Waals surface area contributed by atoms with Crippen LogP contribution in [0.4, 0.5) is 0 Å². The van der Waals surface area contributed by atoms with E-state index in [2.05, 4.69) is 53.8 Å². The van der Waals surface area contributed by atoms with Gasteiger partial charge in [0.05, 0.1) is 0 Å². The monoisotopic (exact) mass is 211 g/mol. The summed E-state index contributed by atoms with van der Waals surface area (Å²) >= 11 is 0. The van der Waals surface area contributed by atoms with Gasteiger partial charge < -0.3 is 5.32 Å². The average molecular weight is 211 g/mol. The minimum atomic E-state index is 0.509. The summed E-state index contributed by atoms with van der Waals surface area (Å²) in [5, 5.41) is 3.69. The topological polar surface area (TPSA) is 12.0 Å². The van der Waals surface area contributed by atoms with Crippen molar-refractivity contribution in [2.75, 3.05) is 6.54 Å². The first-order chi connectivity index (χ1) is 6.75. The van der Waals surface area contributed by atoms with Crippen LogP contribution in [0.25, 0.3) is 0 Å². The van der Waals surface area contributed by atoms with Crippen LogP contribution in [0.1, 0.15) is 54.9 Å². The van der Waals surface area contributed by atoms with E-state index in [1.807, 2.05) is 0 Å². The normalized spacial score (nSPS) is 25.6. The highest BCUT2D eigenvalue weighted by Gasteiger charge is 2.66. The van der Waals surface area contributed by atoms with Gasteiger partial charge in [-0.3, -0.25) is 0 Å². The lowest BCUT2D eigenvalue weighted by Gasteiger charge is -2.22. The average Bonchev–Trinajstić information content (AvgIpc) is 2.41. The van der Waals surface area contributed by atoms with E-state index in [9.17, 15) is 0 Å². The molecule has 0 bridgehead atoms. The molecule has 0 saturated heterocycles. The van der Waals surface area contributed by atoms with Crippen LogP contribution < -0.4 is 5.32 Å². The molecule has 0 aromatic heterocycles. The fraction of sp³-hybridized carbons (Fsp3) is 1.00. The molecule has 0 radical (unpaired) electrons. The molecule has 1 rings (SSSR count). The number of rotatable bonds is 5. The Balaban J connectivity index is 2.67. The highest BCUT2D eigenvalue weighted by Crippen LogP contribution is 2.70. The minimum Gasteiger partial charge on any atom is -0.314 e. The Morgan fingerprint density at radius 2 is 1.53 bits per heavy atom. The molecule has 0 aliphatic heterocycles. The van der Waals surface area contributed by atoms with Gasteiger partial charge in [0.15, 0.2) is 0 Å². The van der Waals surface area contributed by atoms with E-state index < -0.39 is 0 Å². The molecule has 0 aromatic rings.